The minimum atomic E-state index is -0.612. The molecule has 8 heteroatoms. The maximum absolute atomic E-state index is 13.5. The molecule has 2 aliphatic rings. The van der Waals surface area contributed by atoms with E-state index < -0.39 is 6.04 Å². The Bertz CT molecular complexity index is 1030. The molecule has 2 aliphatic heterocycles. The first kappa shape index (κ1) is 20.5. The van der Waals surface area contributed by atoms with Crippen LogP contribution in [-0.4, -0.2) is 54.0 Å². The highest BCUT2D eigenvalue weighted by molar-refractivity contribution is 6.01. The number of hydrogen-bond donors (Lipinski definition) is 1. The summed E-state index contributed by atoms with van der Waals surface area (Å²) in [4.78, 5) is 33.8. The average Bonchev–Trinajstić information content (AvgIpc) is 3.11. The molecule has 1 aromatic carbocycles. The minimum Gasteiger partial charge on any atom is -0.497 e. The number of rotatable bonds is 7. The van der Waals surface area contributed by atoms with Gasteiger partial charge in [-0.1, -0.05) is 12.1 Å². The van der Waals surface area contributed by atoms with E-state index in [0.717, 1.165) is 5.56 Å². The van der Waals surface area contributed by atoms with E-state index in [4.69, 9.17) is 9.47 Å². The van der Waals surface area contributed by atoms with Gasteiger partial charge in [-0.05, 0) is 29.3 Å². The maximum atomic E-state index is 13.5. The Kier molecular flexibility index (Phi) is 5.62. The molecule has 0 spiro atoms. The van der Waals surface area contributed by atoms with Crippen molar-refractivity contribution < 1.29 is 19.1 Å². The zero-order valence-corrected chi connectivity index (χ0v) is 17.5. The summed E-state index contributed by atoms with van der Waals surface area (Å²) in [6.45, 7) is 4.80. The first-order chi connectivity index (χ1) is 15.0. The van der Waals surface area contributed by atoms with Crippen LogP contribution < -0.4 is 14.8 Å². The topological polar surface area (TPSA) is 84.0 Å². The molecule has 4 rings (SSSR count). The van der Waals surface area contributed by atoms with E-state index in [1.165, 1.54) is 0 Å². The largest absolute Gasteiger partial charge is 0.497 e. The molecule has 0 saturated carbocycles. The molecule has 1 N–H and O–H groups in total. The highest BCUT2D eigenvalue weighted by Crippen LogP contribution is 2.38. The van der Waals surface area contributed by atoms with Crippen molar-refractivity contribution >= 4 is 11.9 Å². The van der Waals surface area contributed by atoms with Crippen molar-refractivity contribution in [3.05, 3.63) is 77.8 Å². The van der Waals surface area contributed by atoms with E-state index in [9.17, 15) is 9.59 Å². The summed E-state index contributed by atoms with van der Waals surface area (Å²) in [5, 5.41) is 2.97. The molecule has 0 radical (unpaired) electrons. The summed E-state index contributed by atoms with van der Waals surface area (Å²) in [5.41, 5.74) is 2.86. The van der Waals surface area contributed by atoms with Crippen molar-refractivity contribution in [1.82, 2.24) is 20.1 Å². The Morgan fingerprint density at radius 1 is 1.23 bits per heavy atom. The van der Waals surface area contributed by atoms with Crippen LogP contribution in [0.15, 0.2) is 66.7 Å². The number of hydrogen-bond acceptors (Lipinski definition) is 5. The van der Waals surface area contributed by atoms with Gasteiger partial charge in [0.25, 0.3) is 5.91 Å². The molecule has 3 heterocycles. The fraction of sp³-hybridized carbons (Fsp3) is 0.261. The Hall–Kier alpha value is -3.81. The van der Waals surface area contributed by atoms with Gasteiger partial charge in [0.2, 0.25) is 0 Å². The number of pyridine rings is 1. The monoisotopic (exact) mass is 420 g/mol. The molecular weight excluding hydrogens is 396 g/mol. The van der Waals surface area contributed by atoms with Crippen LogP contribution in [0.1, 0.15) is 17.2 Å². The standard InChI is InChI=1S/C23H24N4O4/c1-4-8-27-19-14-26(13-15-6-5-7-24-12-15)22(28)20(19)21(25-23(27)29)16-9-17(30-2)11-18(10-16)31-3/h4-7,9-12,21H,1,8,13-14H2,2-3H3,(H,25,29). The number of methoxy groups -OCH3 is 2. The third-order valence-electron chi connectivity index (χ3n) is 5.41. The van der Waals surface area contributed by atoms with Gasteiger partial charge in [-0.3, -0.25) is 14.7 Å². The van der Waals surface area contributed by atoms with Crippen molar-refractivity contribution in [3.63, 3.8) is 0 Å². The summed E-state index contributed by atoms with van der Waals surface area (Å²) in [5.74, 6) is 1.04. The number of amides is 3. The molecular formula is C23H24N4O4. The van der Waals surface area contributed by atoms with Crippen molar-refractivity contribution in [2.45, 2.75) is 12.6 Å². The molecule has 1 atom stereocenters. The highest BCUT2D eigenvalue weighted by atomic mass is 16.5. The number of carbonyl (C=O) groups is 2. The SMILES string of the molecule is C=CCN1C(=O)NC(c2cc(OC)cc(OC)c2)C2=C1CN(Cc1cccnc1)C2=O. The van der Waals surface area contributed by atoms with Crippen LogP contribution in [0.25, 0.3) is 0 Å². The zero-order chi connectivity index (χ0) is 22.0. The summed E-state index contributed by atoms with van der Waals surface area (Å²) in [6, 6.07) is 8.23. The van der Waals surface area contributed by atoms with Gasteiger partial charge < -0.3 is 19.7 Å². The second-order valence-corrected chi connectivity index (χ2v) is 7.31. The van der Waals surface area contributed by atoms with Crippen LogP contribution in [0.2, 0.25) is 0 Å². The molecule has 2 aromatic rings. The number of aromatic nitrogens is 1. The molecule has 0 aliphatic carbocycles. The summed E-state index contributed by atoms with van der Waals surface area (Å²) in [6.07, 6.45) is 5.08. The van der Waals surface area contributed by atoms with Crippen molar-refractivity contribution in [2.75, 3.05) is 27.3 Å². The van der Waals surface area contributed by atoms with Crippen LogP contribution in [-0.2, 0) is 11.3 Å². The van der Waals surface area contributed by atoms with Crippen LogP contribution in [0, 0.1) is 0 Å². The first-order valence-corrected chi connectivity index (χ1v) is 9.88. The Morgan fingerprint density at radius 3 is 2.58 bits per heavy atom. The Morgan fingerprint density at radius 2 is 1.97 bits per heavy atom. The molecule has 0 bridgehead atoms. The van der Waals surface area contributed by atoms with Gasteiger partial charge in [-0.25, -0.2) is 4.79 Å². The molecule has 8 nitrogen and oxygen atoms in total. The molecule has 3 amide bonds. The lowest BCUT2D eigenvalue weighted by Crippen LogP contribution is -2.47. The molecule has 1 unspecified atom stereocenters. The van der Waals surface area contributed by atoms with E-state index in [-0.39, 0.29) is 11.9 Å². The van der Waals surface area contributed by atoms with Gasteiger partial charge in [0.1, 0.15) is 11.5 Å². The lowest BCUT2D eigenvalue weighted by molar-refractivity contribution is -0.126. The minimum absolute atomic E-state index is 0.125. The van der Waals surface area contributed by atoms with Gasteiger partial charge in [-0.2, -0.15) is 0 Å². The quantitative estimate of drug-likeness (QED) is 0.697. The van der Waals surface area contributed by atoms with Crippen LogP contribution in [0.3, 0.4) is 0 Å². The molecule has 1 aromatic heterocycles. The number of benzene rings is 1. The number of nitrogens with zero attached hydrogens (tertiary/aromatic N) is 3. The van der Waals surface area contributed by atoms with Gasteiger partial charge in [-0.15, -0.1) is 6.58 Å². The highest BCUT2D eigenvalue weighted by Gasteiger charge is 2.43. The fourth-order valence-corrected chi connectivity index (χ4v) is 3.96. The van der Waals surface area contributed by atoms with Crippen molar-refractivity contribution in [2.24, 2.45) is 0 Å². The number of urea groups is 1. The van der Waals surface area contributed by atoms with Crippen LogP contribution in [0.4, 0.5) is 4.79 Å². The second-order valence-electron chi connectivity index (χ2n) is 7.31. The van der Waals surface area contributed by atoms with Crippen molar-refractivity contribution in [1.29, 1.82) is 0 Å². The number of carbonyl (C=O) groups excluding carboxylic acids is 2. The van der Waals surface area contributed by atoms with E-state index in [1.54, 1.807) is 60.7 Å². The third kappa shape index (κ3) is 3.84. The Balaban J connectivity index is 1.75. The smallest absolute Gasteiger partial charge is 0.322 e. The van der Waals surface area contributed by atoms with E-state index in [2.05, 4.69) is 16.9 Å². The first-order valence-electron chi connectivity index (χ1n) is 9.88. The average molecular weight is 420 g/mol. The molecule has 31 heavy (non-hydrogen) atoms. The lowest BCUT2D eigenvalue weighted by atomic mass is 9.95. The van der Waals surface area contributed by atoms with Crippen LogP contribution in [0.5, 0.6) is 11.5 Å². The summed E-state index contributed by atoms with van der Waals surface area (Å²) < 4.78 is 10.8. The van der Waals surface area contributed by atoms with E-state index in [1.807, 2.05) is 12.1 Å². The predicted octanol–water partition coefficient (Wildman–Crippen LogP) is 2.65. The van der Waals surface area contributed by atoms with E-state index >= 15 is 0 Å². The van der Waals surface area contributed by atoms with Crippen molar-refractivity contribution in [3.8, 4) is 11.5 Å². The van der Waals surface area contributed by atoms with Gasteiger partial charge in [0.05, 0.1) is 38.1 Å². The van der Waals surface area contributed by atoms with Gasteiger partial charge in [0, 0.05) is 31.5 Å². The normalized spacial score (nSPS) is 18.1. The molecule has 0 fully saturated rings. The molecule has 0 saturated heterocycles. The zero-order valence-electron chi connectivity index (χ0n) is 17.5. The fourth-order valence-electron chi connectivity index (χ4n) is 3.96. The lowest BCUT2D eigenvalue weighted by Gasteiger charge is -2.33. The summed E-state index contributed by atoms with van der Waals surface area (Å²) >= 11 is 0. The van der Waals surface area contributed by atoms with E-state index in [0.29, 0.717) is 48.0 Å². The predicted molar refractivity (Wildman–Crippen MR) is 114 cm³/mol. The van der Waals surface area contributed by atoms with Gasteiger partial charge >= 0.3 is 6.03 Å². The number of nitrogens with one attached hydrogen (secondary N) is 1. The summed E-state index contributed by atoms with van der Waals surface area (Å²) in [7, 11) is 3.12. The maximum Gasteiger partial charge on any atom is 0.322 e. The third-order valence-corrected chi connectivity index (χ3v) is 5.41. The second kappa shape index (κ2) is 8.51. The Labute approximate surface area is 180 Å². The number of ether oxygens (including phenoxy) is 2. The molecule has 160 valence electrons. The van der Waals surface area contributed by atoms with Crippen LogP contribution >= 0.6 is 0 Å². The van der Waals surface area contributed by atoms with Gasteiger partial charge in [0.15, 0.2) is 0 Å².